The molecule has 0 radical (unpaired) electrons. The van der Waals surface area contributed by atoms with Crippen molar-refractivity contribution in [3.05, 3.63) is 47.4 Å². The van der Waals surface area contributed by atoms with Gasteiger partial charge in [0, 0.05) is 10.8 Å². The molecular formula is C15H11N2O2+. The van der Waals surface area contributed by atoms with Gasteiger partial charge < -0.3 is 9.84 Å². The lowest BCUT2D eigenvalue weighted by atomic mass is 9.99. The molecule has 0 saturated heterocycles. The molecule has 0 saturated carbocycles. The molecule has 0 fully saturated rings. The summed E-state index contributed by atoms with van der Waals surface area (Å²) in [5.74, 6) is 0.725. The summed E-state index contributed by atoms with van der Waals surface area (Å²) in [5, 5.41) is 22.2. The second kappa shape index (κ2) is 4.14. The van der Waals surface area contributed by atoms with Crippen molar-refractivity contribution in [3.8, 4) is 11.5 Å². The number of fused-ring (bicyclic) bond motifs is 2. The Balaban J connectivity index is 2.68. The normalized spacial score (nSPS) is 10.5. The highest BCUT2D eigenvalue weighted by molar-refractivity contribution is 6.17. The van der Waals surface area contributed by atoms with E-state index in [0.29, 0.717) is 33.0 Å². The van der Waals surface area contributed by atoms with Gasteiger partial charge in [0.25, 0.3) is 0 Å². The number of rotatable bonds is 1. The minimum absolute atomic E-state index is 0.164. The minimum Gasteiger partial charge on any atom is -0.507 e. The fourth-order valence-corrected chi connectivity index (χ4v) is 2.42. The van der Waals surface area contributed by atoms with Crippen molar-refractivity contribution < 1.29 is 9.84 Å². The van der Waals surface area contributed by atoms with E-state index in [9.17, 15) is 10.5 Å². The van der Waals surface area contributed by atoms with Gasteiger partial charge in [-0.2, -0.15) is 0 Å². The fraction of sp³-hybridized carbons (Fsp3) is 0.0667. The SMILES string of the molecule is COc1cccc2c(O)c3ccccc3c([N+]#N)c12. The number of benzene rings is 3. The molecule has 0 amide bonds. The number of diazo groups is 1. The molecule has 0 bridgehead atoms. The lowest BCUT2D eigenvalue weighted by Gasteiger charge is -2.07. The topological polar surface area (TPSA) is 57.6 Å². The van der Waals surface area contributed by atoms with E-state index in [-0.39, 0.29) is 5.75 Å². The van der Waals surface area contributed by atoms with Crippen LogP contribution in [0.25, 0.3) is 26.5 Å². The number of hydrogen-bond acceptors (Lipinski definition) is 3. The standard InChI is InChI=1S/C15H10N2O2/c1-19-12-8-4-7-11-13(12)14(17-16)9-5-2-3-6-10(9)15(11)18/h2-8H,1H3/p+1. The Morgan fingerprint density at radius 1 is 1.00 bits per heavy atom. The fourth-order valence-electron chi connectivity index (χ4n) is 2.42. The van der Waals surface area contributed by atoms with E-state index in [2.05, 4.69) is 4.98 Å². The average Bonchev–Trinajstić information content (AvgIpc) is 2.47. The van der Waals surface area contributed by atoms with Gasteiger partial charge in [-0.05, 0) is 12.1 Å². The van der Waals surface area contributed by atoms with Crippen LogP contribution < -0.4 is 4.74 Å². The summed E-state index contributed by atoms with van der Waals surface area (Å²) in [5.41, 5.74) is 0.404. The number of aromatic hydroxyl groups is 1. The summed E-state index contributed by atoms with van der Waals surface area (Å²) in [4.78, 5) is 3.39. The maximum atomic E-state index is 10.4. The largest absolute Gasteiger partial charge is 0.507 e. The van der Waals surface area contributed by atoms with E-state index in [4.69, 9.17) is 4.74 Å². The third-order valence-electron chi connectivity index (χ3n) is 3.28. The van der Waals surface area contributed by atoms with Gasteiger partial charge in [0.05, 0.1) is 12.5 Å². The molecule has 92 valence electrons. The summed E-state index contributed by atoms with van der Waals surface area (Å²) < 4.78 is 5.29. The van der Waals surface area contributed by atoms with Crippen LogP contribution >= 0.6 is 0 Å². The zero-order chi connectivity index (χ0) is 13.4. The smallest absolute Gasteiger partial charge is 0.404 e. The predicted octanol–water partition coefficient (Wildman–Crippen LogP) is 4.19. The molecule has 0 heterocycles. The Labute approximate surface area is 109 Å². The number of nitrogens with zero attached hydrogens (tertiary/aromatic N) is 2. The third kappa shape index (κ3) is 1.49. The second-order valence-corrected chi connectivity index (χ2v) is 4.23. The number of phenols is 1. The molecule has 3 aromatic rings. The molecule has 0 spiro atoms. The van der Waals surface area contributed by atoms with Gasteiger partial charge in [0.2, 0.25) is 5.39 Å². The highest BCUT2D eigenvalue weighted by Gasteiger charge is 2.24. The molecule has 19 heavy (non-hydrogen) atoms. The first kappa shape index (κ1) is 11.3. The van der Waals surface area contributed by atoms with Crippen LogP contribution in [0.2, 0.25) is 0 Å². The monoisotopic (exact) mass is 251 g/mol. The molecule has 0 atom stereocenters. The third-order valence-corrected chi connectivity index (χ3v) is 3.28. The average molecular weight is 251 g/mol. The Morgan fingerprint density at radius 3 is 2.37 bits per heavy atom. The minimum atomic E-state index is 0.164. The van der Waals surface area contributed by atoms with Crippen LogP contribution in [0.3, 0.4) is 0 Å². The van der Waals surface area contributed by atoms with E-state index >= 15 is 0 Å². The van der Waals surface area contributed by atoms with Crippen molar-refractivity contribution in [2.24, 2.45) is 0 Å². The molecular weight excluding hydrogens is 240 g/mol. The van der Waals surface area contributed by atoms with Crippen LogP contribution in [0, 0.1) is 5.39 Å². The number of phenolic OH excluding ortho intramolecular Hbond substituents is 1. The zero-order valence-electron chi connectivity index (χ0n) is 10.3. The van der Waals surface area contributed by atoms with Gasteiger partial charge >= 0.3 is 5.69 Å². The van der Waals surface area contributed by atoms with Crippen LogP contribution in [-0.2, 0) is 0 Å². The van der Waals surface area contributed by atoms with Crippen molar-refractivity contribution in [2.75, 3.05) is 7.11 Å². The van der Waals surface area contributed by atoms with Crippen LogP contribution in [-0.4, -0.2) is 12.2 Å². The Kier molecular flexibility index (Phi) is 2.46. The van der Waals surface area contributed by atoms with Gasteiger partial charge in [-0.25, -0.2) is 0 Å². The molecule has 3 rings (SSSR count). The van der Waals surface area contributed by atoms with E-state index in [0.717, 1.165) is 0 Å². The first-order chi connectivity index (χ1) is 9.27. The van der Waals surface area contributed by atoms with Crippen molar-refractivity contribution in [1.82, 2.24) is 0 Å². The first-order valence-corrected chi connectivity index (χ1v) is 5.83. The zero-order valence-corrected chi connectivity index (χ0v) is 10.3. The molecule has 1 N–H and O–H groups in total. The van der Waals surface area contributed by atoms with Gasteiger partial charge in [-0.1, -0.05) is 30.3 Å². The van der Waals surface area contributed by atoms with E-state index in [1.54, 1.807) is 37.4 Å². The predicted molar refractivity (Wildman–Crippen MR) is 74.4 cm³/mol. The summed E-state index contributed by atoms with van der Waals surface area (Å²) in [6.45, 7) is 0. The Morgan fingerprint density at radius 2 is 1.68 bits per heavy atom. The van der Waals surface area contributed by atoms with Gasteiger partial charge in [-0.15, -0.1) is 0 Å². The first-order valence-electron chi connectivity index (χ1n) is 5.83. The Bertz CT molecular complexity index is 835. The van der Waals surface area contributed by atoms with Crippen LogP contribution in [0.15, 0.2) is 42.5 Å². The van der Waals surface area contributed by atoms with Crippen LogP contribution in [0.5, 0.6) is 11.5 Å². The summed E-state index contributed by atoms with van der Waals surface area (Å²) in [6.07, 6.45) is 0. The van der Waals surface area contributed by atoms with Gasteiger partial charge in [0.15, 0.2) is 4.98 Å². The van der Waals surface area contributed by atoms with Gasteiger partial charge in [0.1, 0.15) is 16.9 Å². The highest BCUT2D eigenvalue weighted by atomic mass is 16.5. The molecule has 0 unspecified atom stereocenters. The quantitative estimate of drug-likeness (QED) is 0.521. The van der Waals surface area contributed by atoms with Crippen molar-refractivity contribution >= 4 is 27.2 Å². The van der Waals surface area contributed by atoms with E-state index in [1.165, 1.54) is 0 Å². The molecule has 4 nitrogen and oxygen atoms in total. The molecule has 0 aliphatic heterocycles. The van der Waals surface area contributed by atoms with Gasteiger partial charge in [-0.3, -0.25) is 0 Å². The summed E-state index contributed by atoms with van der Waals surface area (Å²) in [6, 6.07) is 12.6. The maximum Gasteiger partial charge on any atom is 0.404 e. The molecule has 4 heteroatoms. The van der Waals surface area contributed by atoms with Crippen molar-refractivity contribution in [3.63, 3.8) is 0 Å². The van der Waals surface area contributed by atoms with E-state index < -0.39 is 0 Å². The number of methoxy groups -OCH3 is 1. The molecule has 0 aromatic heterocycles. The summed E-state index contributed by atoms with van der Waals surface area (Å²) in [7, 11) is 1.54. The number of ether oxygens (including phenoxy) is 1. The van der Waals surface area contributed by atoms with Crippen molar-refractivity contribution in [2.45, 2.75) is 0 Å². The highest BCUT2D eigenvalue weighted by Crippen LogP contribution is 2.45. The maximum absolute atomic E-state index is 10.4. The van der Waals surface area contributed by atoms with E-state index in [1.807, 2.05) is 12.1 Å². The van der Waals surface area contributed by atoms with Crippen LogP contribution in [0.4, 0.5) is 5.69 Å². The summed E-state index contributed by atoms with van der Waals surface area (Å²) >= 11 is 0. The Hall–Kier alpha value is -2.80. The lowest BCUT2D eigenvalue weighted by Crippen LogP contribution is -1.87. The molecule has 0 aliphatic rings. The van der Waals surface area contributed by atoms with Crippen molar-refractivity contribution in [1.29, 1.82) is 5.39 Å². The lowest BCUT2D eigenvalue weighted by molar-refractivity contribution is 0.419. The second-order valence-electron chi connectivity index (χ2n) is 4.23. The number of hydrogen-bond donors (Lipinski definition) is 1. The molecule has 0 aliphatic carbocycles. The molecule has 3 aromatic carbocycles. The van der Waals surface area contributed by atoms with Crippen LogP contribution in [0.1, 0.15) is 0 Å².